The summed E-state index contributed by atoms with van der Waals surface area (Å²) in [6.07, 6.45) is -5.87. The van der Waals surface area contributed by atoms with Crippen molar-refractivity contribution in [3.8, 4) is 5.75 Å². The van der Waals surface area contributed by atoms with Crippen molar-refractivity contribution in [2.45, 2.75) is 37.6 Å². The molecule has 0 aliphatic carbocycles. The van der Waals surface area contributed by atoms with E-state index in [0.29, 0.717) is 13.0 Å². The third-order valence-corrected chi connectivity index (χ3v) is 5.75. The fourth-order valence-corrected chi connectivity index (χ4v) is 3.79. The molecule has 1 aliphatic heterocycles. The van der Waals surface area contributed by atoms with E-state index in [4.69, 9.17) is 14.6 Å². The van der Waals surface area contributed by atoms with Crippen molar-refractivity contribution in [1.82, 2.24) is 4.98 Å². The number of amides is 2. The van der Waals surface area contributed by atoms with Crippen molar-refractivity contribution in [2.75, 3.05) is 12.4 Å². The molecule has 0 unspecified atom stereocenters. The summed E-state index contributed by atoms with van der Waals surface area (Å²) in [5, 5.41) is 2.28. The number of rotatable bonds is 5. The summed E-state index contributed by atoms with van der Waals surface area (Å²) < 4.78 is 102. The number of hydrogen-bond acceptors (Lipinski definition) is 5. The van der Waals surface area contributed by atoms with Gasteiger partial charge in [-0.2, -0.15) is 17.6 Å². The van der Waals surface area contributed by atoms with Crippen molar-refractivity contribution in [3.63, 3.8) is 0 Å². The predicted octanol–water partition coefficient (Wildman–Crippen LogP) is 3.55. The zero-order valence-corrected chi connectivity index (χ0v) is 17.2. The maximum Gasteiger partial charge on any atom is 0.417 e. The molecule has 3 rings (SSSR count). The van der Waals surface area contributed by atoms with Crippen LogP contribution in [0.1, 0.15) is 39.9 Å². The molecular formula is C21H20F5N3O4. The summed E-state index contributed by atoms with van der Waals surface area (Å²) in [4.78, 5) is 28.2. The van der Waals surface area contributed by atoms with Gasteiger partial charge in [0.15, 0.2) is 17.2 Å². The molecule has 2 heterocycles. The average Bonchev–Trinajstić information content (AvgIpc) is 3.03. The maximum absolute atomic E-state index is 14.6. The number of ether oxygens (including phenoxy) is 2. The number of anilines is 1. The number of pyridine rings is 1. The summed E-state index contributed by atoms with van der Waals surface area (Å²) in [5.41, 5.74) is 1.36. The number of halogens is 5. The third kappa shape index (κ3) is 4.22. The Labute approximate surface area is 189 Å². The summed E-state index contributed by atoms with van der Waals surface area (Å²) in [6.45, 7) is 1.75. The van der Waals surface area contributed by atoms with Gasteiger partial charge in [0.1, 0.15) is 11.8 Å². The van der Waals surface area contributed by atoms with Crippen LogP contribution in [0.5, 0.6) is 5.75 Å². The molecule has 7 nitrogen and oxygen atoms in total. The van der Waals surface area contributed by atoms with Gasteiger partial charge < -0.3 is 20.5 Å². The van der Waals surface area contributed by atoms with Crippen LogP contribution in [0, 0.1) is 17.6 Å². The Morgan fingerprint density at radius 2 is 2.00 bits per heavy atom. The topological polar surface area (TPSA) is 104 Å². The Morgan fingerprint density at radius 1 is 1.30 bits per heavy atom. The first-order chi connectivity index (χ1) is 16.5. The fourth-order valence-electron chi connectivity index (χ4n) is 3.79. The average molecular weight is 476 g/mol. The molecule has 1 aliphatic rings. The molecule has 4 atom stereocenters. The first-order valence-electron chi connectivity index (χ1n) is 10.9. The molecule has 0 radical (unpaired) electrons. The van der Waals surface area contributed by atoms with Crippen LogP contribution in [0.15, 0.2) is 30.5 Å². The van der Waals surface area contributed by atoms with Gasteiger partial charge in [0, 0.05) is 29.3 Å². The van der Waals surface area contributed by atoms with E-state index in [9.17, 15) is 31.5 Å². The Balaban J connectivity index is 2.12. The largest absolute Gasteiger partial charge is 0.493 e. The SMILES string of the molecule is [2H]C([2H])([2H])Oc1c([C@@H]2[C@@H](C(=O)Nc3ccnc(C(N)=O)c3)O[C@@](C)(C(F)(F)F)[C@@H]2C)ccc(F)c1F. The van der Waals surface area contributed by atoms with Gasteiger partial charge in [-0.25, -0.2) is 4.39 Å². The number of benzene rings is 1. The van der Waals surface area contributed by atoms with E-state index < -0.39 is 71.5 Å². The highest BCUT2D eigenvalue weighted by molar-refractivity contribution is 5.97. The van der Waals surface area contributed by atoms with Gasteiger partial charge >= 0.3 is 6.18 Å². The minimum atomic E-state index is -5.01. The number of alkyl halides is 3. The maximum atomic E-state index is 14.6. The number of aromatic nitrogens is 1. The van der Waals surface area contributed by atoms with E-state index in [0.717, 1.165) is 25.3 Å². The van der Waals surface area contributed by atoms with E-state index in [1.165, 1.54) is 6.07 Å². The Hall–Kier alpha value is -3.28. The minimum absolute atomic E-state index is 0.0660. The highest BCUT2D eigenvalue weighted by Crippen LogP contribution is 2.55. The van der Waals surface area contributed by atoms with E-state index in [2.05, 4.69) is 15.0 Å². The van der Waals surface area contributed by atoms with Crippen LogP contribution in [0.4, 0.5) is 27.6 Å². The lowest BCUT2D eigenvalue weighted by Gasteiger charge is -2.32. The van der Waals surface area contributed by atoms with Gasteiger partial charge in [-0.3, -0.25) is 14.6 Å². The van der Waals surface area contributed by atoms with Gasteiger partial charge in [-0.1, -0.05) is 13.0 Å². The number of carbonyl (C=O) groups excluding carboxylic acids is 2. The third-order valence-electron chi connectivity index (χ3n) is 5.75. The molecule has 33 heavy (non-hydrogen) atoms. The first-order valence-corrected chi connectivity index (χ1v) is 9.44. The molecule has 12 heteroatoms. The lowest BCUT2D eigenvalue weighted by Crippen LogP contribution is -2.47. The highest BCUT2D eigenvalue weighted by Gasteiger charge is 2.65. The van der Waals surface area contributed by atoms with E-state index in [1.54, 1.807) is 0 Å². The van der Waals surface area contributed by atoms with Gasteiger partial charge in [0.2, 0.25) is 5.82 Å². The lowest BCUT2D eigenvalue weighted by atomic mass is 9.77. The molecule has 2 aromatic rings. The van der Waals surface area contributed by atoms with Crippen molar-refractivity contribution < 1.29 is 45.1 Å². The standard InChI is InChI=1S/C21H20F5N3O4/c1-9-14(11-4-5-12(22)15(23)16(11)32-3)17(33-20(9,2)21(24,25)26)19(31)29-10-6-7-28-13(8-10)18(27)30/h4-9,14,17H,1-3H3,(H2,27,30)(H,28,29,31)/t9-,14-,17+,20-/m1/s1/i3D3. The normalized spacial score (nSPS) is 26.8. The van der Waals surface area contributed by atoms with Gasteiger partial charge in [0.25, 0.3) is 11.8 Å². The number of primary amides is 1. The van der Waals surface area contributed by atoms with Gasteiger partial charge in [0.05, 0.1) is 11.2 Å². The smallest absolute Gasteiger partial charge is 0.417 e. The van der Waals surface area contributed by atoms with Crippen LogP contribution in [0.3, 0.4) is 0 Å². The number of carbonyl (C=O) groups is 2. The molecule has 1 saturated heterocycles. The Bertz CT molecular complexity index is 1190. The summed E-state index contributed by atoms with van der Waals surface area (Å²) in [7, 11) is -3.29. The second-order valence-electron chi connectivity index (χ2n) is 7.62. The number of methoxy groups -OCH3 is 1. The fraction of sp³-hybridized carbons (Fsp3) is 0.381. The van der Waals surface area contributed by atoms with Crippen molar-refractivity contribution in [2.24, 2.45) is 11.7 Å². The Kier molecular flexibility index (Phi) is 5.29. The number of nitrogens with two attached hydrogens (primary N) is 1. The highest BCUT2D eigenvalue weighted by atomic mass is 19.4. The zero-order chi connectivity index (χ0) is 27.2. The number of hydrogen-bond donors (Lipinski definition) is 2. The van der Waals surface area contributed by atoms with Crippen LogP contribution in [-0.4, -0.2) is 41.7 Å². The van der Waals surface area contributed by atoms with Crippen molar-refractivity contribution in [3.05, 3.63) is 53.4 Å². The molecular weight excluding hydrogens is 453 g/mol. The quantitative estimate of drug-likeness (QED) is 0.643. The van der Waals surface area contributed by atoms with Crippen LogP contribution in [0.25, 0.3) is 0 Å². The second-order valence-corrected chi connectivity index (χ2v) is 7.62. The first kappa shape index (κ1) is 20.3. The molecule has 1 aromatic carbocycles. The summed E-state index contributed by atoms with van der Waals surface area (Å²) in [6, 6.07) is 3.70. The zero-order valence-electron chi connectivity index (χ0n) is 20.2. The van der Waals surface area contributed by atoms with Crippen LogP contribution in [-0.2, 0) is 9.53 Å². The summed E-state index contributed by atoms with van der Waals surface area (Å²) in [5.74, 6) is -9.76. The number of nitrogens with zero attached hydrogens (tertiary/aromatic N) is 1. The Morgan fingerprint density at radius 3 is 2.61 bits per heavy atom. The monoisotopic (exact) mass is 476 g/mol. The molecule has 1 aromatic heterocycles. The molecule has 1 fully saturated rings. The molecule has 0 spiro atoms. The molecule has 0 bridgehead atoms. The molecule has 3 N–H and O–H groups in total. The lowest BCUT2D eigenvalue weighted by molar-refractivity contribution is -0.272. The predicted molar refractivity (Wildman–Crippen MR) is 106 cm³/mol. The molecule has 0 saturated carbocycles. The minimum Gasteiger partial charge on any atom is -0.493 e. The molecule has 178 valence electrons. The van der Waals surface area contributed by atoms with E-state index >= 15 is 0 Å². The van der Waals surface area contributed by atoms with E-state index in [1.807, 2.05) is 0 Å². The van der Waals surface area contributed by atoms with Gasteiger partial charge in [-0.05, 0) is 25.1 Å². The number of nitrogens with one attached hydrogen (secondary N) is 1. The van der Waals surface area contributed by atoms with Gasteiger partial charge in [-0.15, -0.1) is 0 Å². The van der Waals surface area contributed by atoms with Crippen molar-refractivity contribution in [1.29, 1.82) is 0 Å². The molecule has 2 amide bonds. The van der Waals surface area contributed by atoms with Crippen molar-refractivity contribution >= 4 is 17.5 Å². The van der Waals surface area contributed by atoms with Crippen LogP contribution < -0.4 is 15.8 Å². The summed E-state index contributed by atoms with van der Waals surface area (Å²) >= 11 is 0. The van der Waals surface area contributed by atoms with Crippen LogP contribution in [0.2, 0.25) is 0 Å². The van der Waals surface area contributed by atoms with Crippen LogP contribution >= 0.6 is 0 Å². The second kappa shape index (κ2) is 8.58. The van der Waals surface area contributed by atoms with E-state index in [-0.39, 0.29) is 11.4 Å².